The van der Waals surface area contributed by atoms with Gasteiger partial charge in [0.05, 0.1) is 12.8 Å². The summed E-state index contributed by atoms with van der Waals surface area (Å²) in [5.74, 6) is 1.87. The van der Waals surface area contributed by atoms with Crippen LogP contribution in [0.4, 0.5) is 5.82 Å². The minimum atomic E-state index is 0.812. The second-order valence-electron chi connectivity index (χ2n) is 5.45. The summed E-state index contributed by atoms with van der Waals surface area (Å²) in [6, 6.07) is 16.2. The summed E-state index contributed by atoms with van der Waals surface area (Å²) in [6.45, 7) is 0.934. The SMILES string of the molecule is COc1ccccc1-n1nc(-c2cccc(Br)c2)c2c1NCC2. The molecule has 3 aromatic rings. The minimum Gasteiger partial charge on any atom is -0.494 e. The van der Waals surface area contributed by atoms with Crippen molar-refractivity contribution in [1.82, 2.24) is 9.78 Å². The first kappa shape index (κ1) is 14.3. The van der Waals surface area contributed by atoms with Crippen molar-refractivity contribution in [3.05, 3.63) is 58.6 Å². The number of hydrogen-bond donors (Lipinski definition) is 1. The van der Waals surface area contributed by atoms with E-state index in [4.69, 9.17) is 9.84 Å². The number of nitrogens with one attached hydrogen (secondary N) is 1. The molecule has 0 bridgehead atoms. The van der Waals surface area contributed by atoms with E-state index in [1.807, 2.05) is 41.1 Å². The highest BCUT2D eigenvalue weighted by Crippen LogP contribution is 2.37. The van der Waals surface area contributed by atoms with Gasteiger partial charge in [0.25, 0.3) is 0 Å². The molecule has 1 aliphatic heterocycles. The van der Waals surface area contributed by atoms with Gasteiger partial charge in [0.15, 0.2) is 0 Å². The van der Waals surface area contributed by atoms with Crippen molar-refractivity contribution in [2.75, 3.05) is 19.0 Å². The second kappa shape index (κ2) is 5.74. The molecular formula is C18H16BrN3O. The highest BCUT2D eigenvalue weighted by molar-refractivity contribution is 9.10. The lowest BCUT2D eigenvalue weighted by Gasteiger charge is -2.10. The topological polar surface area (TPSA) is 39.1 Å². The van der Waals surface area contributed by atoms with Crippen molar-refractivity contribution in [3.63, 3.8) is 0 Å². The van der Waals surface area contributed by atoms with Crippen LogP contribution in [0, 0.1) is 0 Å². The molecule has 116 valence electrons. The molecule has 0 saturated heterocycles. The molecule has 2 heterocycles. The Morgan fingerprint density at radius 2 is 2.04 bits per heavy atom. The number of rotatable bonds is 3. The molecule has 0 spiro atoms. The summed E-state index contributed by atoms with van der Waals surface area (Å²) < 4.78 is 8.51. The predicted molar refractivity (Wildman–Crippen MR) is 95.4 cm³/mol. The number of methoxy groups -OCH3 is 1. The van der Waals surface area contributed by atoms with Crippen LogP contribution in [-0.4, -0.2) is 23.4 Å². The van der Waals surface area contributed by atoms with E-state index in [0.717, 1.165) is 46.0 Å². The summed E-state index contributed by atoms with van der Waals surface area (Å²) >= 11 is 3.54. The van der Waals surface area contributed by atoms with E-state index in [2.05, 4.69) is 33.4 Å². The van der Waals surface area contributed by atoms with Gasteiger partial charge in [-0.05, 0) is 30.7 Å². The van der Waals surface area contributed by atoms with E-state index in [1.165, 1.54) is 5.56 Å². The van der Waals surface area contributed by atoms with Crippen LogP contribution in [0.2, 0.25) is 0 Å². The monoisotopic (exact) mass is 369 g/mol. The minimum absolute atomic E-state index is 0.812. The number of hydrogen-bond acceptors (Lipinski definition) is 3. The molecule has 0 atom stereocenters. The maximum absolute atomic E-state index is 5.50. The van der Waals surface area contributed by atoms with Gasteiger partial charge in [-0.2, -0.15) is 5.10 Å². The fraction of sp³-hybridized carbons (Fsp3) is 0.167. The molecule has 0 unspecified atom stereocenters. The normalized spacial score (nSPS) is 12.8. The summed E-state index contributed by atoms with van der Waals surface area (Å²) in [5, 5.41) is 8.33. The van der Waals surface area contributed by atoms with E-state index < -0.39 is 0 Å². The first-order chi connectivity index (χ1) is 11.3. The van der Waals surface area contributed by atoms with Crippen LogP contribution in [0.15, 0.2) is 53.0 Å². The average Bonchev–Trinajstić information content (AvgIpc) is 3.17. The van der Waals surface area contributed by atoms with Gasteiger partial charge in [0.1, 0.15) is 17.3 Å². The van der Waals surface area contributed by atoms with Crippen LogP contribution in [0.1, 0.15) is 5.56 Å². The highest BCUT2D eigenvalue weighted by Gasteiger charge is 2.25. The third-order valence-electron chi connectivity index (χ3n) is 4.06. The maximum atomic E-state index is 5.50. The highest BCUT2D eigenvalue weighted by atomic mass is 79.9. The quantitative estimate of drug-likeness (QED) is 0.748. The molecule has 4 nitrogen and oxygen atoms in total. The van der Waals surface area contributed by atoms with E-state index in [1.54, 1.807) is 7.11 Å². The molecule has 0 saturated carbocycles. The number of ether oxygens (including phenoxy) is 1. The molecule has 1 aliphatic rings. The number of fused-ring (bicyclic) bond motifs is 1. The molecule has 0 fully saturated rings. The second-order valence-corrected chi connectivity index (χ2v) is 6.36. The zero-order chi connectivity index (χ0) is 15.8. The van der Waals surface area contributed by atoms with Gasteiger partial charge in [0.2, 0.25) is 0 Å². The lowest BCUT2D eigenvalue weighted by molar-refractivity contribution is 0.412. The first-order valence-electron chi connectivity index (χ1n) is 7.53. The Balaban J connectivity index is 1.92. The summed E-state index contributed by atoms with van der Waals surface area (Å²) in [7, 11) is 1.69. The Morgan fingerprint density at radius 3 is 2.87 bits per heavy atom. The maximum Gasteiger partial charge on any atom is 0.144 e. The molecule has 0 radical (unpaired) electrons. The molecule has 1 aromatic heterocycles. The van der Waals surface area contributed by atoms with Crippen LogP contribution >= 0.6 is 15.9 Å². The third-order valence-corrected chi connectivity index (χ3v) is 4.56. The van der Waals surface area contributed by atoms with Gasteiger partial charge < -0.3 is 10.1 Å². The first-order valence-corrected chi connectivity index (χ1v) is 8.32. The summed E-state index contributed by atoms with van der Waals surface area (Å²) in [4.78, 5) is 0. The number of anilines is 1. The van der Waals surface area contributed by atoms with Crippen LogP contribution < -0.4 is 10.1 Å². The zero-order valence-corrected chi connectivity index (χ0v) is 14.3. The fourth-order valence-corrected chi connectivity index (χ4v) is 3.42. The van der Waals surface area contributed by atoms with Gasteiger partial charge in [-0.15, -0.1) is 0 Å². The Labute approximate surface area is 143 Å². The van der Waals surface area contributed by atoms with Crippen molar-refractivity contribution in [2.45, 2.75) is 6.42 Å². The van der Waals surface area contributed by atoms with Gasteiger partial charge in [-0.25, -0.2) is 4.68 Å². The smallest absolute Gasteiger partial charge is 0.144 e. The number of para-hydroxylation sites is 2. The molecule has 1 N–H and O–H groups in total. The van der Waals surface area contributed by atoms with Crippen molar-refractivity contribution < 1.29 is 4.74 Å². The van der Waals surface area contributed by atoms with E-state index >= 15 is 0 Å². The fourth-order valence-electron chi connectivity index (χ4n) is 3.02. The lowest BCUT2D eigenvalue weighted by atomic mass is 10.1. The molecule has 0 aliphatic carbocycles. The van der Waals surface area contributed by atoms with Gasteiger partial charge >= 0.3 is 0 Å². The van der Waals surface area contributed by atoms with Gasteiger partial charge in [-0.3, -0.25) is 0 Å². The zero-order valence-electron chi connectivity index (χ0n) is 12.7. The summed E-state index contributed by atoms with van der Waals surface area (Å²) in [5.41, 5.74) is 4.35. The van der Waals surface area contributed by atoms with Gasteiger partial charge in [-0.1, -0.05) is 40.2 Å². The Morgan fingerprint density at radius 1 is 1.17 bits per heavy atom. The Hall–Kier alpha value is -2.27. The molecule has 0 amide bonds. The van der Waals surface area contributed by atoms with E-state index in [-0.39, 0.29) is 0 Å². The third kappa shape index (κ3) is 2.41. The van der Waals surface area contributed by atoms with E-state index in [9.17, 15) is 0 Å². The molecule has 4 rings (SSSR count). The molecule has 23 heavy (non-hydrogen) atoms. The van der Waals surface area contributed by atoms with Crippen molar-refractivity contribution >= 4 is 21.7 Å². The largest absolute Gasteiger partial charge is 0.494 e. The van der Waals surface area contributed by atoms with Crippen molar-refractivity contribution in [3.8, 4) is 22.7 Å². The number of nitrogens with zero attached hydrogens (tertiary/aromatic N) is 2. The number of aromatic nitrogens is 2. The van der Waals surface area contributed by atoms with Crippen LogP contribution in [0.25, 0.3) is 16.9 Å². The number of benzene rings is 2. The Bertz CT molecular complexity index is 872. The predicted octanol–water partition coefficient (Wildman–Crippen LogP) is 4.28. The number of halogens is 1. The van der Waals surface area contributed by atoms with Crippen molar-refractivity contribution in [2.24, 2.45) is 0 Å². The molecular weight excluding hydrogens is 354 g/mol. The van der Waals surface area contributed by atoms with Crippen LogP contribution in [-0.2, 0) is 6.42 Å². The van der Waals surface area contributed by atoms with Crippen molar-refractivity contribution in [1.29, 1.82) is 0 Å². The lowest BCUT2D eigenvalue weighted by Crippen LogP contribution is -2.05. The Kier molecular flexibility index (Phi) is 3.58. The van der Waals surface area contributed by atoms with Crippen LogP contribution in [0.5, 0.6) is 5.75 Å². The van der Waals surface area contributed by atoms with E-state index in [0.29, 0.717) is 0 Å². The molecule has 5 heteroatoms. The summed E-state index contributed by atoms with van der Waals surface area (Å²) in [6.07, 6.45) is 0.979. The van der Waals surface area contributed by atoms with Crippen LogP contribution in [0.3, 0.4) is 0 Å². The molecule has 2 aromatic carbocycles. The average molecular weight is 370 g/mol. The van der Waals surface area contributed by atoms with Gasteiger partial charge in [0, 0.05) is 22.1 Å². The standard InChI is InChI=1S/C18H16BrN3O/c1-23-16-8-3-2-7-15(16)22-18-14(9-10-20-18)17(21-22)12-5-4-6-13(19)11-12/h2-8,11,20H,9-10H2,1H3.